The molecule has 1 amide bonds. The number of anilines is 2. The van der Waals surface area contributed by atoms with Crippen LogP contribution in [0.15, 0.2) is 65.7 Å². The molecule has 9 nitrogen and oxygen atoms in total. The van der Waals surface area contributed by atoms with E-state index in [9.17, 15) is 18.0 Å². The number of primary amides is 1. The molecule has 1 aliphatic rings. The molecule has 3 N–H and O–H groups in total. The summed E-state index contributed by atoms with van der Waals surface area (Å²) in [7, 11) is -3.33. The molecule has 1 aliphatic carbocycles. The van der Waals surface area contributed by atoms with Crippen molar-refractivity contribution in [3.63, 3.8) is 0 Å². The lowest BCUT2D eigenvalue weighted by Gasteiger charge is -2.39. The van der Waals surface area contributed by atoms with Gasteiger partial charge in [0.15, 0.2) is 15.7 Å². The van der Waals surface area contributed by atoms with E-state index in [2.05, 4.69) is 10.4 Å². The van der Waals surface area contributed by atoms with E-state index in [0.717, 1.165) is 30.9 Å². The van der Waals surface area contributed by atoms with Crippen molar-refractivity contribution in [2.45, 2.75) is 55.2 Å². The summed E-state index contributed by atoms with van der Waals surface area (Å²) in [5, 5.41) is 7.68. The molecule has 10 heteroatoms. The van der Waals surface area contributed by atoms with E-state index in [1.807, 2.05) is 30.3 Å². The molecule has 0 bridgehead atoms. The second-order valence-electron chi connectivity index (χ2n) is 9.21. The number of nitrogens with two attached hydrogens (primary N) is 1. The molecule has 2 aromatic carbocycles. The van der Waals surface area contributed by atoms with Gasteiger partial charge in [-0.15, -0.1) is 0 Å². The Labute approximate surface area is 210 Å². The van der Waals surface area contributed by atoms with Gasteiger partial charge in [-0.3, -0.25) is 9.48 Å². The highest BCUT2D eigenvalue weighted by atomic mass is 32.2. The van der Waals surface area contributed by atoms with Crippen LogP contribution in [0.25, 0.3) is 0 Å². The molecule has 36 heavy (non-hydrogen) atoms. The van der Waals surface area contributed by atoms with Crippen LogP contribution in [0.2, 0.25) is 0 Å². The van der Waals surface area contributed by atoms with Crippen LogP contribution in [0, 0.1) is 0 Å². The fourth-order valence-corrected chi connectivity index (χ4v) is 5.21. The van der Waals surface area contributed by atoms with E-state index in [1.165, 1.54) is 12.1 Å². The summed E-state index contributed by atoms with van der Waals surface area (Å²) in [5.41, 5.74) is 6.90. The SMILES string of the molecule is CS(=O)(=O)c1ccc(Nc2nn(C3(CC=O)CCC(OCc4ccccc4)CC3)cc2C(N)=O)cc1. The Morgan fingerprint density at radius 1 is 1.17 bits per heavy atom. The van der Waals surface area contributed by atoms with Gasteiger partial charge in [0.25, 0.3) is 5.91 Å². The molecule has 0 spiro atoms. The third kappa shape index (κ3) is 5.83. The summed E-state index contributed by atoms with van der Waals surface area (Å²) in [5.74, 6) is -0.403. The molecule has 0 saturated heterocycles. The molecule has 0 atom stereocenters. The first-order valence-corrected chi connectivity index (χ1v) is 13.7. The first-order chi connectivity index (χ1) is 17.2. The molecule has 3 aromatic rings. The number of benzene rings is 2. The third-order valence-corrected chi connectivity index (χ3v) is 7.79. The number of aldehydes is 1. The molecule has 1 aromatic heterocycles. The van der Waals surface area contributed by atoms with Crippen molar-refractivity contribution in [3.05, 3.63) is 71.9 Å². The van der Waals surface area contributed by atoms with Gasteiger partial charge in [-0.2, -0.15) is 5.10 Å². The van der Waals surface area contributed by atoms with E-state index < -0.39 is 21.3 Å². The highest BCUT2D eigenvalue weighted by Crippen LogP contribution is 2.39. The predicted octanol–water partition coefficient (Wildman–Crippen LogP) is 3.57. The van der Waals surface area contributed by atoms with Gasteiger partial charge in [-0.1, -0.05) is 30.3 Å². The molecule has 4 rings (SSSR count). The lowest BCUT2D eigenvalue weighted by atomic mass is 9.78. The number of nitrogens with zero attached hydrogens (tertiary/aromatic N) is 2. The second-order valence-corrected chi connectivity index (χ2v) is 11.2. The molecule has 0 radical (unpaired) electrons. The molecule has 0 aliphatic heterocycles. The monoisotopic (exact) mass is 510 g/mol. The predicted molar refractivity (Wildman–Crippen MR) is 136 cm³/mol. The van der Waals surface area contributed by atoms with E-state index in [-0.39, 0.29) is 28.8 Å². The molecular weight excluding hydrogens is 480 g/mol. The van der Waals surface area contributed by atoms with Crippen LogP contribution in [0.5, 0.6) is 0 Å². The molecule has 0 unspecified atom stereocenters. The summed E-state index contributed by atoms with van der Waals surface area (Å²) in [4.78, 5) is 24.0. The van der Waals surface area contributed by atoms with Crippen LogP contribution in [0.4, 0.5) is 11.5 Å². The number of sulfone groups is 1. The summed E-state index contributed by atoms with van der Waals surface area (Å²) in [6.07, 6.45) is 6.75. The van der Waals surface area contributed by atoms with Gasteiger partial charge in [-0.25, -0.2) is 8.42 Å². The van der Waals surface area contributed by atoms with Crippen molar-refractivity contribution in [2.75, 3.05) is 11.6 Å². The van der Waals surface area contributed by atoms with Gasteiger partial charge in [0.05, 0.1) is 23.1 Å². The second kappa shape index (κ2) is 10.6. The van der Waals surface area contributed by atoms with Crippen molar-refractivity contribution < 1.29 is 22.7 Å². The minimum Gasteiger partial charge on any atom is -0.374 e. The van der Waals surface area contributed by atoms with E-state index in [1.54, 1.807) is 23.0 Å². The summed E-state index contributed by atoms with van der Waals surface area (Å²) < 4.78 is 31.2. The molecule has 1 heterocycles. The number of nitrogens with one attached hydrogen (secondary N) is 1. The van der Waals surface area contributed by atoms with E-state index in [0.29, 0.717) is 25.1 Å². The van der Waals surface area contributed by atoms with Crippen molar-refractivity contribution in [2.24, 2.45) is 5.73 Å². The molecule has 190 valence electrons. The van der Waals surface area contributed by atoms with Crippen molar-refractivity contribution in [1.29, 1.82) is 0 Å². The number of carbonyl (C=O) groups is 2. The average Bonchev–Trinajstić information content (AvgIpc) is 3.29. The van der Waals surface area contributed by atoms with Crippen LogP contribution in [-0.2, 0) is 31.5 Å². The average molecular weight is 511 g/mol. The first kappa shape index (κ1) is 25.6. The Morgan fingerprint density at radius 3 is 2.42 bits per heavy atom. The van der Waals surface area contributed by atoms with Crippen LogP contribution in [-0.4, -0.2) is 42.8 Å². The number of ether oxygens (including phenoxy) is 1. The van der Waals surface area contributed by atoms with Crippen LogP contribution in [0.3, 0.4) is 0 Å². The topological polar surface area (TPSA) is 133 Å². The summed E-state index contributed by atoms with van der Waals surface area (Å²) in [6, 6.07) is 16.1. The molecular formula is C26H30N4O5S. The maximum atomic E-state index is 12.2. The minimum absolute atomic E-state index is 0.0714. The zero-order chi connectivity index (χ0) is 25.8. The maximum Gasteiger partial charge on any atom is 0.254 e. The van der Waals surface area contributed by atoms with Crippen molar-refractivity contribution in [3.8, 4) is 0 Å². The number of hydrogen-bond acceptors (Lipinski definition) is 7. The number of rotatable bonds is 10. The largest absolute Gasteiger partial charge is 0.374 e. The highest BCUT2D eigenvalue weighted by Gasteiger charge is 2.39. The quantitative estimate of drug-likeness (QED) is 0.398. The van der Waals surface area contributed by atoms with Gasteiger partial charge < -0.3 is 20.6 Å². The normalized spacial score (nSPS) is 20.1. The zero-order valence-corrected chi connectivity index (χ0v) is 20.9. The Hall–Kier alpha value is -3.50. The highest BCUT2D eigenvalue weighted by molar-refractivity contribution is 7.90. The van der Waals surface area contributed by atoms with Gasteiger partial charge in [-0.05, 0) is 55.5 Å². The zero-order valence-electron chi connectivity index (χ0n) is 20.1. The smallest absolute Gasteiger partial charge is 0.254 e. The Balaban J connectivity index is 1.51. The van der Waals surface area contributed by atoms with Gasteiger partial charge in [0.1, 0.15) is 11.8 Å². The number of hydrogen-bond donors (Lipinski definition) is 2. The maximum absolute atomic E-state index is 12.2. The fourth-order valence-electron chi connectivity index (χ4n) is 4.58. The Bertz CT molecular complexity index is 1310. The van der Waals surface area contributed by atoms with Crippen molar-refractivity contribution >= 4 is 33.5 Å². The van der Waals surface area contributed by atoms with Gasteiger partial charge in [0.2, 0.25) is 0 Å². The van der Waals surface area contributed by atoms with Crippen molar-refractivity contribution in [1.82, 2.24) is 9.78 Å². The lowest BCUT2D eigenvalue weighted by molar-refractivity contribution is -0.111. The third-order valence-electron chi connectivity index (χ3n) is 6.67. The van der Waals surface area contributed by atoms with E-state index in [4.69, 9.17) is 10.5 Å². The molecule has 1 fully saturated rings. The van der Waals surface area contributed by atoms with Crippen LogP contribution >= 0.6 is 0 Å². The Morgan fingerprint density at radius 2 is 1.83 bits per heavy atom. The first-order valence-electron chi connectivity index (χ1n) is 11.8. The standard InChI is InChI=1S/C26H30N4O5S/c1-36(33,34)22-9-7-20(8-10-22)28-25-23(24(27)32)17-30(29-25)26(15-16-31)13-11-21(12-14-26)35-18-19-5-3-2-4-6-19/h2-10,16-17,21H,11-15,18H2,1H3,(H2,27,32)(H,28,29). The summed E-state index contributed by atoms with van der Waals surface area (Å²) in [6.45, 7) is 0.534. The number of carbonyl (C=O) groups excluding carboxylic acids is 2. The Kier molecular flexibility index (Phi) is 7.56. The fraction of sp³-hybridized carbons (Fsp3) is 0.346. The van der Waals surface area contributed by atoms with Crippen LogP contribution in [0.1, 0.15) is 48.0 Å². The lowest BCUT2D eigenvalue weighted by Crippen LogP contribution is -2.40. The van der Waals surface area contributed by atoms with Gasteiger partial charge >= 0.3 is 0 Å². The number of amides is 1. The van der Waals surface area contributed by atoms with Gasteiger partial charge in [0, 0.05) is 24.6 Å². The van der Waals surface area contributed by atoms with Crippen LogP contribution < -0.4 is 11.1 Å². The summed E-state index contributed by atoms with van der Waals surface area (Å²) >= 11 is 0. The number of aromatic nitrogens is 2. The minimum atomic E-state index is -3.33. The van der Waals surface area contributed by atoms with E-state index >= 15 is 0 Å². The molecule has 1 saturated carbocycles.